The number of hydrogen-bond donors (Lipinski definition) is 1. The van der Waals surface area contributed by atoms with Gasteiger partial charge in [0.25, 0.3) is 0 Å². The van der Waals surface area contributed by atoms with E-state index in [1.165, 1.54) is 4.57 Å². The molecule has 2 aromatic heterocycles. The van der Waals surface area contributed by atoms with Crippen molar-refractivity contribution in [3.8, 4) is 11.8 Å². The van der Waals surface area contributed by atoms with Gasteiger partial charge in [0.05, 0.1) is 23.7 Å². The highest BCUT2D eigenvalue weighted by molar-refractivity contribution is 9.10. The van der Waals surface area contributed by atoms with Crippen LogP contribution in [0.3, 0.4) is 0 Å². The second kappa shape index (κ2) is 5.76. The van der Waals surface area contributed by atoms with Crippen molar-refractivity contribution in [3.05, 3.63) is 73.4 Å². The van der Waals surface area contributed by atoms with Gasteiger partial charge in [-0.1, -0.05) is 28.1 Å². The third-order valence-electron chi connectivity index (χ3n) is 3.98. The second-order valence-electron chi connectivity index (χ2n) is 5.52. The molecule has 0 bridgehead atoms. The molecule has 0 aliphatic carbocycles. The lowest BCUT2D eigenvalue weighted by atomic mass is 10.1. The molecule has 25 heavy (non-hydrogen) atoms. The summed E-state index contributed by atoms with van der Waals surface area (Å²) in [5.74, 6) is 0. The number of aromatic nitrogens is 2. The molecule has 1 N–H and O–H groups in total. The molecule has 0 aliphatic rings. The Labute approximate surface area is 149 Å². The number of H-pyrrole nitrogens is 1. The number of halogens is 1. The smallest absolute Gasteiger partial charge is 0.362 e. The number of nitriles is 1. The van der Waals surface area contributed by atoms with Crippen LogP contribution >= 0.6 is 15.9 Å². The summed E-state index contributed by atoms with van der Waals surface area (Å²) in [5.41, 5.74) is 1.41. The summed E-state index contributed by atoms with van der Waals surface area (Å²) in [7, 11) is 0. The Balaban J connectivity index is 2.10. The molecule has 0 saturated carbocycles. The third-order valence-corrected chi connectivity index (χ3v) is 4.47. The highest BCUT2D eigenvalue weighted by atomic mass is 79.9. The predicted octanol–water partition coefficient (Wildman–Crippen LogP) is 3.25. The molecule has 0 atom stereocenters. The molecule has 4 aromatic rings. The third kappa shape index (κ3) is 2.47. The van der Waals surface area contributed by atoms with Crippen LogP contribution in [0, 0.1) is 11.3 Å². The lowest BCUT2D eigenvalue weighted by Crippen LogP contribution is -2.14. The average molecular weight is 396 g/mol. The van der Waals surface area contributed by atoms with Crippen LogP contribution in [0.5, 0.6) is 0 Å². The molecule has 7 heteroatoms. The van der Waals surface area contributed by atoms with E-state index in [1.54, 1.807) is 42.5 Å². The summed E-state index contributed by atoms with van der Waals surface area (Å²) in [6, 6.07) is 14.4. The maximum absolute atomic E-state index is 12.5. The molecule has 0 saturated heterocycles. The van der Waals surface area contributed by atoms with Crippen molar-refractivity contribution < 1.29 is 4.42 Å². The van der Waals surface area contributed by atoms with E-state index in [2.05, 4.69) is 27.0 Å². The molecule has 0 fully saturated rings. The van der Waals surface area contributed by atoms with Crippen molar-refractivity contribution in [2.45, 2.75) is 6.42 Å². The standard InChI is InChI=1S/C18H10BrN3O3/c19-11-3-6-14-13(9-11)16-15(17(23)25-14)21-18(24)22(16)12-4-1-10(2-5-12)7-8-20/h1-6,9H,7H2,(H,21,24). The molecule has 0 amide bonds. The SMILES string of the molecule is N#CCc1ccc(-n2c(=O)[nH]c3c(=O)oc4ccc(Br)cc4c32)cc1. The summed E-state index contributed by atoms with van der Waals surface area (Å²) in [6.45, 7) is 0. The van der Waals surface area contributed by atoms with Gasteiger partial charge in [0.1, 0.15) is 5.58 Å². The van der Waals surface area contributed by atoms with Gasteiger partial charge in [-0.15, -0.1) is 0 Å². The van der Waals surface area contributed by atoms with Crippen molar-refractivity contribution in [2.75, 3.05) is 0 Å². The van der Waals surface area contributed by atoms with E-state index >= 15 is 0 Å². The van der Waals surface area contributed by atoms with Gasteiger partial charge in [0.2, 0.25) is 0 Å². The zero-order valence-corrected chi connectivity index (χ0v) is 14.3. The van der Waals surface area contributed by atoms with E-state index in [4.69, 9.17) is 9.68 Å². The Hall–Kier alpha value is -3.11. The van der Waals surface area contributed by atoms with Gasteiger partial charge in [0.15, 0.2) is 5.52 Å². The Morgan fingerprint density at radius 2 is 1.92 bits per heavy atom. The van der Waals surface area contributed by atoms with Crippen LogP contribution in [0.15, 0.2) is 60.9 Å². The number of rotatable bonds is 2. The summed E-state index contributed by atoms with van der Waals surface area (Å²) in [5, 5.41) is 9.42. The number of nitrogens with one attached hydrogen (secondary N) is 1. The zero-order chi connectivity index (χ0) is 17.6. The largest absolute Gasteiger partial charge is 0.421 e. The van der Waals surface area contributed by atoms with Crippen molar-refractivity contribution in [1.82, 2.24) is 9.55 Å². The first-order chi connectivity index (χ1) is 12.1. The fraction of sp³-hybridized carbons (Fsp3) is 0.0556. The van der Waals surface area contributed by atoms with Gasteiger partial charge in [-0.05, 0) is 35.9 Å². The Kier molecular flexibility index (Phi) is 3.55. The second-order valence-corrected chi connectivity index (χ2v) is 6.44. The van der Waals surface area contributed by atoms with E-state index in [9.17, 15) is 9.59 Å². The van der Waals surface area contributed by atoms with Crippen molar-refractivity contribution in [1.29, 1.82) is 5.26 Å². The first-order valence-electron chi connectivity index (χ1n) is 7.42. The molecule has 2 heterocycles. The minimum atomic E-state index is -0.596. The number of benzene rings is 2. The van der Waals surface area contributed by atoms with Crippen LogP contribution in [0.4, 0.5) is 0 Å². The van der Waals surface area contributed by atoms with E-state index in [0.717, 1.165) is 10.0 Å². The van der Waals surface area contributed by atoms with Gasteiger partial charge in [-0.3, -0.25) is 9.55 Å². The fourth-order valence-corrected chi connectivity index (χ4v) is 3.23. The quantitative estimate of drug-likeness (QED) is 0.527. The van der Waals surface area contributed by atoms with Gasteiger partial charge in [0, 0.05) is 9.86 Å². The topological polar surface area (TPSA) is 91.8 Å². The minimum Gasteiger partial charge on any atom is -0.421 e. The molecule has 2 aromatic carbocycles. The molecular formula is C18H10BrN3O3. The maximum Gasteiger partial charge on any atom is 0.362 e. The van der Waals surface area contributed by atoms with Crippen LogP contribution < -0.4 is 11.3 Å². The monoisotopic (exact) mass is 395 g/mol. The fourth-order valence-electron chi connectivity index (χ4n) is 2.87. The van der Waals surface area contributed by atoms with Gasteiger partial charge in [-0.2, -0.15) is 5.26 Å². The molecule has 0 spiro atoms. The highest BCUT2D eigenvalue weighted by Crippen LogP contribution is 2.26. The van der Waals surface area contributed by atoms with E-state index in [0.29, 0.717) is 28.6 Å². The molecule has 6 nitrogen and oxygen atoms in total. The molecule has 0 aliphatic heterocycles. The Morgan fingerprint density at radius 1 is 1.16 bits per heavy atom. The van der Waals surface area contributed by atoms with Crippen molar-refractivity contribution >= 4 is 37.9 Å². The number of imidazole rings is 1. The van der Waals surface area contributed by atoms with E-state index in [-0.39, 0.29) is 5.52 Å². The van der Waals surface area contributed by atoms with Gasteiger partial charge in [-0.25, -0.2) is 9.59 Å². The molecule has 4 rings (SSSR count). The number of hydrogen-bond acceptors (Lipinski definition) is 4. The number of fused-ring (bicyclic) bond motifs is 3. The summed E-state index contributed by atoms with van der Waals surface area (Å²) < 4.78 is 7.54. The molecule has 0 radical (unpaired) electrons. The van der Waals surface area contributed by atoms with Gasteiger partial charge >= 0.3 is 11.3 Å². The van der Waals surface area contributed by atoms with Crippen LogP contribution in [0.25, 0.3) is 27.7 Å². The van der Waals surface area contributed by atoms with Crippen molar-refractivity contribution in [2.24, 2.45) is 0 Å². The Morgan fingerprint density at radius 3 is 2.64 bits per heavy atom. The predicted molar refractivity (Wildman–Crippen MR) is 97.0 cm³/mol. The maximum atomic E-state index is 12.5. The van der Waals surface area contributed by atoms with Gasteiger partial charge < -0.3 is 4.42 Å². The molecular weight excluding hydrogens is 386 g/mol. The van der Waals surface area contributed by atoms with E-state index < -0.39 is 11.3 Å². The average Bonchev–Trinajstić information content (AvgIpc) is 2.95. The van der Waals surface area contributed by atoms with Crippen molar-refractivity contribution in [3.63, 3.8) is 0 Å². The lowest BCUT2D eigenvalue weighted by molar-refractivity contribution is 0.568. The summed E-state index contributed by atoms with van der Waals surface area (Å²) in [6.07, 6.45) is 0.294. The normalized spacial score (nSPS) is 11.0. The number of aromatic amines is 1. The molecule has 122 valence electrons. The molecule has 0 unspecified atom stereocenters. The highest BCUT2D eigenvalue weighted by Gasteiger charge is 2.17. The lowest BCUT2D eigenvalue weighted by Gasteiger charge is -2.06. The number of nitrogens with zero attached hydrogens (tertiary/aromatic N) is 2. The first-order valence-corrected chi connectivity index (χ1v) is 8.21. The summed E-state index contributed by atoms with van der Waals surface area (Å²) in [4.78, 5) is 27.3. The van der Waals surface area contributed by atoms with E-state index in [1.807, 2.05) is 0 Å². The minimum absolute atomic E-state index is 0.122. The van der Waals surface area contributed by atoms with Crippen LogP contribution in [-0.4, -0.2) is 9.55 Å². The Bertz CT molecular complexity index is 1270. The van der Waals surface area contributed by atoms with Crippen LogP contribution in [0.2, 0.25) is 0 Å². The first kappa shape index (κ1) is 15.4. The summed E-state index contributed by atoms with van der Waals surface area (Å²) >= 11 is 3.40. The zero-order valence-electron chi connectivity index (χ0n) is 12.7. The van der Waals surface area contributed by atoms with Crippen LogP contribution in [-0.2, 0) is 6.42 Å². The van der Waals surface area contributed by atoms with Crippen LogP contribution in [0.1, 0.15) is 5.56 Å².